The number of carbonyl (C=O) groups excluding carboxylic acids is 6. The minimum Gasteiger partial charge on any atom is -0.449 e. The number of nitrogens with one attached hydrogen (secondary N) is 3. The van der Waals surface area contributed by atoms with Gasteiger partial charge in [0.1, 0.15) is 12.6 Å². The van der Waals surface area contributed by atoms with Crippen LogP contribution in [0.4, 0.5) is 10.5 Å². The zero-order chi connectivity index (χ0) is 47.1. The van der Waals surface area contributed by atoms with Gasteiger partial charge in [0.15, 0.2) is 0 Å². The van der Waals surface area contributed by atoms with E-state index in [1.54, 1.807) is 12.1 Å². The summed E-state index contributed by atoms with van der Waals surface area (Å²) in [6.07, 6.45) is 2.65. The zero-order valence-corrected chi connectivity index (χ0v) is 37.9. The van der Waals surface area contributed by atoms with Gasteiger partial charge >= 0.3 is 6.09 Å². The second-order valence-corrected chi connectivity index (χ2v) is 15.9. The van der Waals surface area contributed by atoms with Crippen molar-refractivity contribution in [3.05, 3.63) is 89.0 Å². The molecule has 3 aromatic rings. The average Bonchev–Trinajstić information content (AvgIpc) is 3.79. The predicted molar refractivity (Wildman–Crippen MR) is 244 cm³/mol. The lowest BCUT2D eigenvalue weighted by molar-refractivity contribution is -0.136. The van der Waals surface area contributed by atoms with Crippen LogP contribution in [0, 0.1) is 0 Å². The molecule has 0 bridgehead atoms. The molecule has 3 aromatic carbocycles. The topological polar surface area (TPSA) is 216 Å². The Morgan fingerprint density at radius 3 is 1.67 bits per heavy atom. The second-order valence-electron chi connectivity index (χ2n) is 15.9. The third-order valence-corrected chi connectivity index (χ3v) is 11.2. The Bertz CT molecular complexity index is 2070. The van der Waals surface area contributed by atoms with E-state index in [1.807, 2.05) is 24.3 Å². The van der Waals surface area contributed by atoms with Crippen molar-refractivity contribution < 1.29 is 66.7 Å². The highest BCUT2D eigenvalue weighted by molar-refractivity contribution is 6.26. The summed E-state index contributed by atoms with van der Waals surface area (Å²) >= 11 is 0. The van der Waals surface area contributed by atoms with Crippen LogP contribution < -0.4 is 16.0 Å². The van der Waals surface area contributed by atoms with Gasteiger partial charge in [0.2, 0.25) is 17.7 Å². The van der Waals surface area contributed by atoms with Crippen molar-refractivity contribution in [1.82, 2.24) is 15.5 Å². The van der Waals surface area contributed by atoms with Crippen LogP contribution in [0.15, 0.2) is 66.7 Å². The molecule has 0 radical (unpaired) electrons. The summed E-state index contributed by atoms with van der Waals surface area (Å²) in [5.74, 6) is -2.70. The average molecular weight is 931 g/mol. The van der Waals surface area contributed by atoms with E-state index in [0.29, 0.717) is 112 Å². The first-order chi connectivity index (χ1) is 32.8. The molecular weight excluding hydrogens is 869 g/mol. The second kappa shape index (κ2) is 27.9. The first-order valence-electron chi connectivity index (χ1n) is 23.1. The first-order valence-corrected chi connectivity index (χ1v) is 23.1. The third kappa shape index (κ3) is 15.5. The number of carbonyl (C=O) groups is 6. The van der Waals surface area contributed by atoms with Gasteiger partial charge in [-0.15, -0.1) is 0 Å². The first kappa shape index (κ1) is 50.8. The standard InChI is InChI=1S/C49H62N4O14/c54-43(51-41-15-8-14-39-45(41)48(58)53(47(39)57)42-17-18-44(55)52-46(42)56)16-2-1-7-20-60-22-24-62-26-28-64-30-32-66-33-31-65-29-27-63-25-23-61-21-9-19-50-49(59)67-34-40-37-12-5-3-10-35(37)36-11-4-6-13-38(36)40/h3-6,8,10-15,40,42H,1-2,7,9,16-34H2,(H,50,59)(H,51,54)(H,52,55,56). The molecule has 3 aliphatic rings. The van der Waals surface area contributed by atoms with Crippen LogP contribution in [-0.2, 0) is 52.3 Å². The minimum absolute atomic E-state index is 0.0249. The normalized spacial score (nSPS) is 15.3. The van der Waals surface area contributed by atoms with E-state index < -0.39 is 35.8 Å². The number of ether oxygens (including phenoxy) is 8. The molecule has 2 heterocycles. The molecule has 1 saturated heterocycles. The SMILES string of the molecule is O=C1CCC(N2C(=O)c3cccc(NC(=O)CCCCCOCCOCCOCCOCCOCCOCCOCCCNC(=O)OCC4c5ccccc5-c5ccccc54)c3C2=O)C(=O)N1. The van der Waals surface area contributed by atoms with E-state index in [0.717, 1.165) is 17.7 Å². The Kier molecular flexibility index (Phi) is 21.2. The van der Waals surface area contributed by atoms with Crippen LogP contribution in [0.1, 0.15) is 82.7 Å². The van der Waals surface area contributed by atoms with E-state index in [2.05, 4.69) is 40.2 Å². The maximum Gasteiger partial charge on any atom is 0.407 e. The van der Waals surface area contributed by atoms with Gasteiger partial charge in [0.05, 0.1) is 96.1 Å². The largest absolute Gasteiger partial charge is 0.449 e. The molecule has 362 valence electrons. The smallest absolute Gasteiger partial charge is 0.407 e. The van der Waals surface area contributed by atoms with Crippen LogP contribution >= 0.6 is 0 Å². The Morgan fingerprint density at radius 2 is 1.10 bits per heavy atom. The van der Waals surface area contributed by atoms with E-state index in [1.165, 1.54) is 28.3 Å². The lowest BCUT2D eigenvalue weighted by atomic mass is 9.98. The number of nitrogens with zero attached hydrogens (tertiary/aromatic N) is 1. The van der Waals surface area contributed by atoms with Gasteiger partial charge in [-0.1, -0.05) is 61.0 Å². The number of benzene rings is 3. The molecule has 6 rings (SSSR count). The van der Waals surface area contributed by atoms with Gasteiger partial charge < -0.3 is 48.5 Å². The molecule has 0 spiro atoms. The number of piperidine rings is 1. The summed E-state index contributed by atoms with van der Waals surface area (Å²) in [6.45, 7) is 7.14. The highest BCUT2D eigenvalue weighted by Gasteiger charge is 2.45. The van der Waals surface area contributed by atoms with Crippen molar-refractivity contribution in [3.63, 3.8) is 0 Å². The van der Waals surface area contributed by atoms with Crippen molar-refractivity contribution in [2.75, 3.05) is 111 Å². The Labute approximate surface area is 390 Å². The maximum atomic E-state index is 13.2. The van der Waals surface area contributed by atoms with Crippen LogP contribution in [0.3, 0.4) is 0 Å². The molecule has 67 heavy (non-hydrogen) atoms. The van der Waals surface area contributed by atoms with Gasteiger partial charge in [0.25, 0.3) is 11.8 Å². The van der Waals surface area contributed by atoms with Gasteiger partial charge in [-0.05, 0) is 60.1 Å². The number of unbranched alkanes of at least 4 members (excludes halogenated alkanes) is 2. The van der Waals surface area contributed by atoms with Crippen LogP contribution in [0.2, 0.25) is 0 Å². The molecule has 1 fully saturated rings. The van der Waals surface area contributed by atoms with Crippen LogP contribution in [0.25, 0.3) is 11.1 Å². The summed E-state index contributed by atoms with van der Waals surface area (Å²) in [6, 6.07) is 20.0. The van der Waals surface area contributed by atoms with Crippen molar-refractivity contribution in [3.8, 4) is 11.1 Å². The number of alkyl carbamates (subject to hydrolysis) is 1. The molecule has 0 aromatic heterocycles. The van der Waals surface area contributed by atoms with Gasteiger partial charge in [-0.3, -0.25) is 34.2 Å². The Balaban J connectivity index is 0.642. The number of anilines is 1. The number of amides is 6. The highest BCUT2D eigenvalue weighted by atomic mass is 16.6. The molecule has 0 saturated carbocycles. The Hall–Kier alpha value is -5.60. The molecule has 18 heteroatoms. The van der Waals surface area contributed by atoms with Crippen molar-refractivity contribution in [2.45, 2.75) is 56.9 Å². The van der Waals surface area contributed by atoms with E-state index in [-0.39, 0.29) is 54.5 Å². The number of imide groups is 2. The lowest BCUT2D eigenvalue weighted by Gasteiger charge is -2.27. The zero-order valence-electron chi connectivity index (χ0n) is 37.9. The van der Waals surface area contributed by atoms with E-state index >= 15 is 0 Å². The monoisotopic (exact) mass is 930 g/mol. The summed E-state index contributed by atoms with van der Waals surface area (Å²) < 4.78 is 44.4. The molecule has 1 unspecified atom stereocenters. The fraction of sp³-hybridized carbons (Fsp3) is 0.510. The summed E-state index contributed by atoms with van der Waals surface area (Å²) in [5, 5.41) is 7.71. The fourth-order valence-electron chi connectivity index (χ4n) is 7.93. The fourth-order valence-corrected chi connectivity index (χ4v) is 7.93. The molecule has 2 aliphatic heterocycles. The molecule has 1 atom stereocenters. The van der Waals surface area contributed by atoms with E-state index in [9.17, 15) is 28.8 Å². The predicted octanol–water partition coefficient (Wildman–Crippen LogP) is 4.63. The number of rotatable bonds is 32. The molecule has 3 N–H and O–H groups in total. The molecule has 1 aliphatic carbocycles. The summed E-state index contributed by atoms with van der Waals surface area (Å²) in [4.78, 5) is 76.0. The van der Waals surface area contributed by atoms with Crippen molar-refractivity contribution in [2.24, 2.45) is 0 Å². The number of fused-ring (bicyclic) bond motifs is 4. The van der Waals surface area contributed by atoms with Crippen LogP contribution in [0.5, 0.6) is 0 Å². The lowest BCUT2D eigenvalue weighted by Crippen LogP contribution is -2.54. The van der Waals surface area contributed by atoms with Gasteiger partial charge in [0, 0.05) is 38.5 Å². The van der Waals surface area contributed by atoms with Gasteiger partial charge in [-0.25, -0.2) is 4.79 Å². The maximum absolute atomic E-state index is 13.2. The molecular formula is C49H62N4O14. The third-order valence-electron chi connectivity index (χ3n) is 11.2. The molecule has 6 amide bonds. The summed E-state index contributed by atoms with van der Waals surface area (Å²) in [5.41, 5.74) is 5.13. The van der Waals surface area contributed by atoms with Crippen molar-refractivity contribution >= 4 is 41.3 Å². The summed E-state index contributed by atoms with van der Waals surface area (Å²) in [7, 11) is 0. The quantitative estimate of drug-likeness (QED) is 0.0575. The molecule has 18 nitrogen and oxygen atoms in total. The number of hydrogen-bond acceptors (Lipinski definition) is 14. The van der Waals surface area contributed by atoms with Crippen LogP contribution in [-0.4, -0.2) is 152 Å². The minimum atomic E-state index is -1.08. The van der Waals surface area contributed by atoms with Crippen molar-refractivity contribution in [1.29, 1.82) is 0 Å². The number of hydrogen-bond donors (Lipinski definition) is 3. The van der Waals surface area contributed by atoms with Gasteiger partial charge in [-0.2, -0.15) is 0 Å². The Morgan fingerprint density at radius 1 is 0.582 bits per heavy atom. The van der Waals surface area contributed by atoms with E-state index in [4.69, 9.17) is 37.9 Å². The highest BCUT2D eigenvalue weighted by Crippen LogP contribution is 2.44.